The maximum Gasteiger partial charge on any atom is 0.418 e. The maximum absolute atomic E-state index is 12.9. The van der Waals surface area contributed by atoms with E-state index in [1.165, 1.54) is 23.9 Å². The molecule has 0 radical (unpaired) electrons. The summed E-state index contributed by atoms with van der Waals surface area (Å²) >= 11 is 4.52. The van der Waals surface area contributed by atoms with Crippen molar-refractivity contribution in [1.82, 2.24) is 5.32 Å². The first kappa shape index (κ1) is 14.7. The van der Waals surface area contributed by atoms with Gasteiger partial charge in [-0.05, 0) is 18.2 Å². The van der Waals surface area contributed by atoms with Gasteiger partial charge in [0.25, 0.3) is 0 Å². The van der Waals surface area contributed by atoms with E-state index in [9.17, 15) is 18.0 Å². The molecule has 0 bridgehead atoms. The largest absolute Gasteiger partial charge is 0.418 e. The Morgan fingerprint density at radius 3 is 2.79 bits per heavy atom. The third kappa shape index (κ3) is 3.64. The molecular weight excluding hydrogens is 345 g/mol. The SMILES string of the molecule is O=C(Nc1ccc(Br)cc1C(F)(F)F)C1CSCN1. The first-order valence-corrected chi connectivity index (χ1v) is 7.31. The van der Waals surface area contributed by atoms with Crippen LogP contribution in [0.1, 0.15) is 5.56 Å². The van der Waals surface area contributed by atoms with Crippen LogP contribution in [0, 0.1) is 0 Å². The van der Waals surface area contributed by atoms with Gasteiger partial charge >= 0.3 is 6.18 Å². The fourth-order valence-electron chi connectivity index (χ4n) is 1.64. The Bertz CT molecular complexity index is 489. The van der Waals surface area contributed by atoms with Gasteiger partial charge in [0.1, 0.15) is 0 Å². The van der Waals surface area contributed by atoms with Gasteiger partial charge in [0, 0.05) is 16.1 Å². The first-order chi connectivity index (χ1) is 8.88. The molecule has 0 aromatic heterocycles. The van der Waals surface area contributed by atoms with E-state index in [-0.39, 0.29) is 5.69 Å². The van der Waals surface area contributed by atoms with Crippen molar-refractivity contribution >= 4 is 39.3 Å². The van der Waals surface area contributed by atoms with E-state index in [0.717, 1.165) is 6.07 Å². The van der Waals surface area contributed by atoms with Gasteiger partial charge in [0.2, 0.25) is 5.91 Å². The van der Waals surface area contributed by atoms with Crippen LogP contribution in [-0.4, -0.2) is 23.6 Å². The number of amides is 1. The molecule has 2 N–H and O–H groups in total. The number of benzene rings is 1. The van der Waals surface area contributed by atoms with Gasteiger partial charge in [-0.15, -0.1) is 11.8 Å². The Morgan fingerprint density at radius 1 is 1.47 bits per heavy atom. The van der Waals surface area contributed by atoms with Crippen molar-refractivity contribution in [2.24, 2.45) is 0 Å². The molecule has 0 aliphatic carbocycles. The summed E-state index contributed by atoms with van der Waals surface area (Å²) in [5.74, 6) is 0.742. The number of hydrogen-bond acceptors (Lipinski definition) is 3. The molecule has 1 unspecified atom stereocenters. The van der Waals surface area contributed by atoms with Crippen molar-refractivity contribution in [2.45, 2.75) is 12.2 Å². The minimum Gasteiger partial charge on any atom is -0.324 e. The number of carbonyl (C=O) groups excluding carboxylic acids is 1. The fraction of sp³-hybridized carbons (Fsp3) is 0.364. The van der Waals surface area contributed by atoms with Crippen LogP contribution in [0.4, 0.5) is 18.9 Å². The number of alkyl halides is 3. The van der Waals surface area contributed by atoms with Crippen LogP contribution in [0.5, 0.6) is 0 Å². The van der Waals surface area contributed by atoms with Crippen LogP contribution in [-0.2, 0) is 11.0 Å². The highest BCUT2D eigenvalue weighted by Crippen LogP contribution is 2.36. The second kappa shape index (κ2) is 5.72. The summed E-state index contributed by atoms with van der Waals surface area (Å²) in [6.45, 7) is 0. The van der Waals surface area contributed by atoms with Gasteiger partial charge in [-0.3, -0.25) is 10.1 Å². The summed E-state index contributed by atoms with van der Waals surface area (Å²) < 4.78 is 38.9. The van der Waals surface area contributed by atoms with Crippen LogP contribution in [0.15, 0.2) is 22.7 Å². The molecule has 1 aromatic rings. The van der Waals surface area contributed by atoms with Crippen molar-refractivity contribution in [3.05, 3.63) is 28.2 Å². The highest BCUT2D eigenvalue weighted by molar-refractivity contribution is 9.10. The molecule has 0 saturated carbocycles. The van der Waals surface area contributed by atoms with E-state index < -0.39 is 23.7 Å². The smallest absolute Gasteiger partial charge is 0.324 e. The molecule has 1 amide bonds. The molecule has 1 aliphatic heterocycles. The highest BCUT2D eigenvalue weighted by Gasteiger charge is 2.35. The van der Waals surface area contributed by atoms with E-state index in [2.05, 4.69) is 26.6 Å². The minimum atomic E-state index is -4.51. The fourth-order valence-corrected chi connectivity index (χ4v) is 2.95. The Hall–Kier alpha value is -0.730. The Kier molecular flexibility index (Phi) is 4.42. The molecule has 1 aliphatic rings. The molecule has 19 heavy (non-hydrogen) atoms. The van der Waals surface area contributed by atoms with Crippen molar-refractivity contribution in [3.8, 4) is 0 Å². The van der Waals surface area contributed by atoms with Gasteiger partial charge in [-0.25, -0.2) is 0 Å². The van der Waals surface area contributed by atoms with Crippen molar-refractivity contribution in [1.29, 1.82) is 0 Å². The molecule has 1 aromatic carbocycles. The summed E-state index contributed by atoms with van der Waals surface area (Å²) in [5, 5.41) is 5.24. The molecule has 1 saturated heterocycles. The second-order valence-corrected chi connectivity index (χ2v) is 5.89. The lowest BCUT2D eigenvalue weighted by Gasteiger charge is -2.16. The normalized spacial score (nSPS) is 19.5. The molecule has 1 atom stereocenters. The average Bonchev–Trinajstić information content (AvgIpc) is 2.83. The van der Waals surface area contributed by atoms with Crippen molar-refractivity contribution in [2.75, 3.05) is 16.9 Å². The van der Waals surface area contributed by atoms with Gasteiger partial charge in [-0.2, -0.15) is 13.2 Å². The average molecular weight is 355 g/mol. The zero-order valence-corrected chi connectivity index (χ0v) is 12.0. The Morgan fingerprint density at radius 2 is 2.21 bits per heavy atom. The van der Waals surface area contributed by atoms with Crippen LogP contribution >= 0.6 is 27.7 Å². The molecule has 1 heterocycles. The molecule has 0 spiro atoms. The highest BCUT2D eigenvalue weighted by atomic mass is 79.9. The molecule has 1 fully saturated rings. The van der Waals surface area contributed by atoms with Crippen LogP contribution in [0.2, 0.25) is 0 Å². The van der Waals surface area contributed by atoms with E-state index in [0.29, 0.717) is 16.1 Å². The molecule has 3 nitrogen and oxygen atoms in total. The van der Waals surface area contributed by atoms with Gasteiger partial charge in [-0.1, -0.05) is 15.9 Å². The zero-order chi connectivity index (χ0) is 14.0. The Balaban J connectivity index is 2.22. The van der Waals surface area contributed by atoms with Gasteiger partial charge in [0.05, 0.1) is 17.3 Å². The summed E-state index contributed by atoms with van der Waals surface area (Å²) in [4.78, 5) is 11.8. The minimum absolute atomic E-state index is 0.223. The number of anilines is 1. The lowest BCUT2D eigenvalue weighted by molar-refractivity contribution is -0.137. The molecule has 8 heteroatoms. The molecule has 2 rings (SSSR count). The van der Waals surface area contributed by atoms with E-state index in [1.807, 2.05) is 0 Å². The number of rotatable bonds is 2. The van der Waals surface area contributed by atoms with Gasteiger partial charge < -0.3 is 5.32 Å². The molecule has 104 valence electrons. The first-order valence-electron chi connectivity index (χ1n) is 5.36. The lowest BCUT2D eigenvalue weighted by Crippen LogP contribution is -2.37. The number of halogens is 4. The summed E-state index contributed by atoms with van der Waals surface area (Å²) in [5.41, 5.74) is -1.08. The van der Waals surface area contributed by atoms with E-state index in [1.54, 1.807) is 0 Å². The van der Waals surface area contributed by atoms with Crippen molar-refractivity contribution < 1.29 is 18.0 Å². The van der Waals surface area contributed by atoms with E-state index >= 15 is 0 Å². The Labute approximate surface area is 120 Å². The van der Waals surface area contributed by atoms with Crippen LogP contribution < -0.4 is 10.6 Å². The van der Waals surface area contributed by atoms with Gasteiger partial charge in [0.15, 0.2) is 0 Å². The zero-order valence-electron chi connectivity index (χ0n) is 9.55. The third-order valence-corrected chi connectivity index (χ3v) is 4.01. The summed E-state index contributed by atoms with van der Waals surface area (Å²) in [7, 11) is 0. The predicted octanol–water partition coefficient (Wildman–Crippen LogP) is 3.07. The number of carbonyl (C=O) groups is 1. The predicted molar refractivity (Wildman–Crippen MR) is 72.0 cm³/mol. The second-order valence-electron chi connectivity index (χ2n) is 3.95. The maximum atomic E-state index is 12.9. The monoisotopic (exact) mass is 354 g/mol. The lowest BCUT2D eigenvalue weighted by atomic mass is 10.1. The number of nitrogens with one attached hydrogen (secondary N) is 2. The molecular formula is C11H10BrF3N2OS. The van der Waals surface area contributed by atoms with Crippen LogP contribution in [0.25, 0.3) is 0 Å². The third-order valence-electron chi connectivity index (χ3n) is 2.58. The van der Waals surface area contributed by atoms with Crippen LogP contribution in [0.3, 0.4) is 0 Å². The quantitative estimate of drug-likeness (QED) is 0.857. The van der Waals surface area contributed by atoms with Crippen molar-refractivity contribution in [3.63, 3.8) is 0 Å². The summed E-state index contributed by atoms with van der Waals surface area (Å²) in [6.07, 6.45) is -4.51. The summed E-state index contributed by atoms with van der Waals surface area (Å²) in [6, 6.07) is 3.20. The standard InChI is InChI=1S/C11H10BrF3N2OS/c12-6-1-2-8(7(3-6)11(13,14)15)17-10(18)9-4-19-5-16-9/h1-3,9,16H,4-5H2,(H,17,18). The number of hydrogen-bond donors (Lipinski definition) is 2. The topological polar surface area (TPSA) is 41.1 Å². The van der Waals surface area contributed by atoms with E-state index in [4.69, 9.17) is 0 Å². The number of thioether (sulfide) groups is 1.